The molecular formula is C13H20N2. The van der Waals surface area contributed by atoms with Gasteiger partial charge in [0, 0.05) is 7.05 Å². The lowest BCUT2D eigenvalue weighted by Crippen LogP contribution is -1.81. The van der Waals surface area contributed by atoms with Gasteiger partial charge in [0.05, 0.1) is 17.4 Å². The fraction of sp³-hybridized carbons (Fsp3) is 0.462. The van der Waals surface area contributed by atoms with E-state index in [9.17, 15) is 0 Å². The molecule has 0 aliphatic rings. The van der Waals surface area contributed by atoms with Crippen molar-refractivity contribution in [1.29, 1.82) is 0 Å². The molecule has 0 unspecified atom stereocenters. The lowest BCUT2D eigenvalue weighted by atomic mass is 10.3. The number of hydrogen-bond acceptors (Lipinski definition) is 1. The first-order valence-corrected chi connectivity index (χ1v) is 5.65. The van der Waals surface area contributed by atoms with Crippen LogP contribution in [0.1, 0.15) is 33.1 Å². The second-order valence-electron chi connectivity index (χ2n) is 3.70. The minimum Gasteiger partial charge on any atom is -0.334 e. The number of nitrogens with zero attached hydrogens (tertiary/aromatic N) is 2. The highest BCUT2D eigenvalue weighted by Crippen LogP contribution is 2.08. The Balaban J connectivity index is 0.000000195. The molecule has 0 aliphatic carbocycles. The third-order valence-electron chi connectivity index (χ3n) is 2.34. The molecule has 1 heterocycles. The summed E-state index contributed by atoms with van der Waals surface area (Å²) in [4.78, 5) is 4.18. The summed E-state index contributed by atoms with van der Waals surface area (Å²) in [5.74, 6) is 0. The lowest BCUT2D eigenvalue weighted by Gasteiger charge is -1.90. The zero-order valence-electron chi connectivity index (χ0n) is 9.90. The standard InChI is InChI=1S/C8H8N2.C5H12/c1-10-6-9-7-4-2-3-5-8(7)10;1-3-5-4-2/h2-6H,1H3;3-5H2,1-2H3. The molecule has 0 atom stereocenters. The summed E-state index contributed by atoms with van der Waals surface area (Å²) < 4.78 is 2.01. The van der Waals surface area contributed by atoms with Crippen LogP contribution in [0.5, 0.6) is 0 Å². The van der Waals surface area contributed by atoms with Crippen molar-refractivity contribution in [3.63, 3.8) is 0 Å². The van der Waals surface area contributed by atoms with E-state index in [1.165, 1.54) is 24.8 Å². The van der Waals surface area contributed by atoms with Crippen LogP contribution in [0.15, 0.2) is 30.6 Å². The smallest absolute Gasteiger partial charge is 0.0955 e. The van der Waals surface area contributed by atoms with Crippen molar-refractivity contribution in [3.8, 4) is 0 Å². The number of fused-ring (bicyclic) bond motifs is 1. The topological polar surface area (TPSA) is 17.8 Å². The summed E-state index contributed by atoms with van der Waals surface area (Å²) in [6, 6.07) is 8.08. The number of para-hydroxylation sites is 2. The van der Waals surface area contributed by atoms with Crippen LogP contribution in [0.25, 0.3) is 11.0 Å². The first kappa shape index (κ1) is 11.8. The zero-order valence-corrected chi connectivity index (χ0v) is 9.90. The second-order valence-corrected chi connectivity index (χ2v) is 3.70. The number of aryl methyl sites for hydroxylation is 1. The molecule has 0 N–H and O–H groups in total. The minimum absolute atomic E-state index is 1.06. The Bertz CT molecular complexity index is 388. The van der Waals surface area contributed by atoms with Crippen molar-refractivity contribution in [2.75, 3.05) is 0 Å². The van der Waals surface area contributed by atoms with Crippen molar-refractivity contribution in [2.45, 2.75) is 33.1 Å². The zero-order chi connectivity index (χ0) is 11.1. The molecule has 15 heavy (non-hydrogen) atoms. The van der Waals surface area contributed by atoms with Crippen LogP contribution in [0, 0.1) is 0 Å². The molecule has 0 bridgehead atoms. The Hall–Kier alpha value is -1.31. The molecule has 0 saturated heterocycles. The Morgan fingerprint density at radius 3 is 2.33 bits per heavy atom. The molecule has 2 nitrogen and oxygen atoms in total. The van der Waals surface area contributed by atoms with E-state index in [-0.39, 0.29) is 0 Å². The van der Waals surface area contributed by atoms with Gasteiger partial charge < -0.3 is 4.57 Å². The Kier molecular flexibility index (Phi) is 4.88. The van der Waals surface area contributed by atoms with E-state index in [4.69, 9.17) is 0 Å². The average Bonchev–Trinajstić information content (AvgIpc) is 2.64. The van der Waals surface area contributed by atoms with Crippen molar-refractivity contribution in [2.24, 2.45) is 7.05 Å². The van der Waals surface area contributed by atoms with E-state index in [1.807, 2.05) is 36.1 Å². The van der Waals surface area contributed by atoms with Crippen LogP contribution in [-0.2, 0) is 7.05 Å². The highest BCUT2D eigenvalue weighted by atomic mass is 15.0. The molecular weight excluding hydrogens is 184 g/mol. The normalized spacial score (nSPS) is 9.80. The maximum Gasteiger partial charge on any atom is 0.0955 e. The van der Waals surface area contributed by atoms with E-state index in [0.717, 1.165) is 5.52 Å². The lowest BCUT2D eigenvalue weighted by molar-refractivity contribution is 0.772. The Morgan fingerprint density at radius 1 is 1.13 bits per heavy atom. The average molecular weight is 204 g/mol. The van der Waals surface area contributed by atoms with E-state index in [2.05, 4.69) is 24.9 Å². The van der Waals surface area contributed by atoms with Gasteiger partial charge in [-0.15, -0.1) is 0 Å². The van der Waals surface area contributed by atoms with Gasteiger partial charge >= 0.3 is 0 Å². The highest BCUT2D eigenvalue weighted by molar-refractivity contribution is 5.74. The summed E-state index contributed by atoms with van der Waals surface area (Å²) in [7, 11) is 2.00. The third kappa shape index (κ3) is 3.39. The van der Waals surface area contributed by atoms with Gasteiger partial charge in [-0.1, -0.05) is 45.2 Å². The quantitative estimate of drug-likeness (QED) is 0.728. The fourth-order valence-corrected chi connectivity index (χ4v) is 1.44. The molecule has 2 aromatic rings. The van der Waals surface area contributed by atoms with Crippen molar-refractivity contribution in [3.05, 3.63) is 30.6 Å². The van der Waals surface area contributed by atoms with Crippen molar-refractivity contribution in [1.82, 2.24) is 9.55 Å². The number of rotatable bonds is 2. The van der Waals surface area contributed by atoms with Gasteiger partial charge in [0.25, 0.3) is 0 Å². The number of unbranched alkanes of at least 4 members (excludes halogenated alkanes) is 2. The first-order valence-electron chi connectivity index (χ1n) is 5.65. The van der Waals surface area contributed by atoms with E-state index in [1.54, 1.807) is 0 Å². The molecule has 2 heteroatoms. The van der Waals surface area contributed by atoms with E-state index >= 15 is 0 Å². The van der Waals surface area contributed by atoms with Crippen LogP contribution in [0.3, 0.4) is 0 Å². The molecule has 0 aliphatic heterocycles. The molecule has 0 saturated carbocycles. The molecule has 82 valence electrons. The Morgan fingerprint density at radius 2 is 1.80 bits per heavy atom. The van der Waals surface area contributed by atoms with E-state index in [0.29, 0.717) is 0 Å². The summed E-state index contributed by atoms with van der Waals surface area (Å²) in [5, 5.41) is 0. The van der Waals surface area contributed by atoms with Gasteiger partial charge in [-0.05, 0) is 12.1 Å². The van der Waals surface area contributed by atoms with E-state index < -0.39 is 0 Å². The largest absolute Gasteiger partial charge is 0.334 e. The molecule has 0 amide bonds. The maximum atomic E-state index is 4.18. The van der Waals surface area contributed by atoms with Crippen LogP contribution in [0.4, 0.5) is 0 Å². The highest BCUT2D eigenvalue weighted by Gasteiger charge is 1.93. The van der Waals surface area contributed by atoms with Crippen LogP contribution < -0.4 is 0 Å². The second kappa shape index (κ2) is 6.23. The van der Waals surface area contributed by atoms with Gasteiger partial charge in [-0.2, -0.15) is 0 Å². The van der Waals surface area contributed by atoms with Crippen LogP contribution in [0.2, 0.25) is 0 Å². The summed E-state index contributed by atoms with van der Waals surface area (Å²) in [6.45, 7) is 4.42. The van der Waals surface area contributed by atoms with Gasteiger partial charge in [-0.3, -0.25) is 0 Å². The number of imidazole rings is 1. The molecule has 1 aromatic carbocycles. The molecule has 0 spiro atoms. The van der Waals surface area contributed by atoms with Gasteiger partial charge in [0.15, 0.2) is 0 Å². The monoisotopic (exact) mass is 204 g/mol. The van der Waals surface area contributed by atoms with Crippen LogP contribution in [-0.4, -0.2) is 9.55 Å². The number of benzene rings is 1. The summed E-state index contributed by atoms with van der Waals surface area (Å²) in [6.07, 6.45) is 5.90. The molecule has 2 rings (SSSR count). The third-order valence-corrected chi connectivity index (χ3v) is 2.34. The van der Waals surface area contributed by atoms with Crippen LogP contribution >= 0.6 is 0 Å². The predicted molar refractivity (Wildman–Crippen MR) is 65.9 cm³/mol. The molecule has 0 radical (unpaired) electrons. The van der Waals surface area contributed by atoms with Gasteiger partial charge in [0.1, 0.15) is 0 Å². The minimum atomic E-state index is 1.06. The summed E-state index contributed by atoms with van der Waals surface area (Å²) in [5.41, 5.74) is 2.24. The first-order chi connectivity index (χ1) is 7.29. The molecule has 1 aromatic heterocycles. The summed E-state index contributed by atoms with van der Waals surface area (Å²) >= 11 is 0. The fourth-order valence-electron chi connectivity index (χ4n) is 1.44. The predicted octanol–water partition coefficient (Wildman–Crippen LogP) is 3.77. The van der Waals surface area contributed by atoms with Gasteiger partial charge in [-0.25, -0.2) is 4.98 Å². The van der Waals surface area contributed by atoms with Crippen molar-refractivity contribution < 1.29 is 0 Å². The Labute approximate surface area is 91.9 Å². The number of hydrogen-bond donors (Lipinski definition) is 0. The number of aromatic nitrogens is 2. The maximum absolute atomic E-state index is 4.18. The van der Waals surface area contributed by atoms with Gasteiger partial charge in [0.2, 0.25) is 0 Å². The molecule has 0 fully saturated rings. The SMILES string of the molecule is CCCCC.Cn1cnc2ccccc21. The van der Waals surface area contributed by atoms with Crippen molar-refractivity contribution >= 4 is 11.0 Å².